The lowest BCUT2D eigenvalue weighted by Gasteiger charge is -2.21. The van der Waals surface area contributed by atoms with Gasteiger partial charge in [-0.25, -0.2) is 4.39 Å². The van der Waals surface area contributed by atoms with Gasteiger partial charge in [-0.05, 0) is 19.0 Å². The molecule has 1 aliphatic rings. The lowest BCUT2D eigenvalue weighted by molar-refractivity contribution is -0.384. The van der Waals surface area contributed by atoms with Crippen LogP contribution in [0.3, 0.4) is 0 Å². The predicted molar refractivity (Wildman–Crippen MR) is 62.8 cm³/mol. The molecule has 1 saturated heterocycles. The smallest absolute Gasteiger partial charge is 0.292 e. The van der Waals surface area contributed by atoms with Gasteiger partial charge in [0.25, 0.3) is 5.69 Å². The third-order valence-corrected chi connectivity index (χ3v) is 2.81. The van der Waals surface area contributed by atoms with E-state index in [9.17, 15) is 14.5 Å². The van der Waals surface area contributed by atoms with Crippen molar-refractivity contribution in [1.29, 1.82) is 0 Å². The second-order valence-electron chi connectivity index (χ2n) is 3.98. The Hall–Kier alpha value is -1.69. The van der Waals surface area contributed by atoms with E-state index in [0.29, 0.717) is 18.8 Å². The highest BCUT2D eigenvalue weighted by Crippen LogP contribution is 2.29. The fourth-order valence-corrected chi connectivity index (χ4v) is 1.99. The van der Waals surface area contributed by atoms with Crippen LogP contribution in [0.25, 0.3) is 0 Å². The van der Waals surface area contributed by atoms with Crippen LogP contribution in [0.5, 0.6) is 0 Å². The van der Waals surface area contributed by atoms with Crippen LogP contribution in [0.2, 0.25) is 0 Å². The lowest BCUT2D eigenvalue weighted by Crippen LogP contribution is -2.28. The number of nitro benzene ring substituents is 1. The Labute approximate surface area is 98.4 Å². The van der Waals surface area contributed by atoms with Crippen molar-refractivity contribution in [3.05, 3.63) is 34.1 Å². The van der Waals surface area contributed by atoms with Crippen molar-refractivity contribution < 1.29 is 9.31 Å². The number of nitro groups is 1. The highest BCUT2D eigenvalue weighted by Gasteiger charge is 2.20. The van der Waals surface area contributed by atoms with Gasteiger partial charge in [0.1, 0.15) is 11.5 Å². The molecule has 1 N–H and O–H groups in total. The number of benzene rings is 1. The van der Waals surface area contributed by atoms with Crippen LogP contribution in [0.15, 0.2) is 18.2 Å². The fourth-order valence-electron chi connectivity index (χ4n) is 1.99. The van der Waals surface area contributed by atoms with Gasteiger partial charge in [0, 0.05) is 31.8 Å². The van der Waals surface area contributed by atoms with Crippen molar-refractivity contribution >= 4 is 11.4 Å². The van der Waals surface area contributed by atoms with Gasteiger partial charge in [0.05, 0.1) is 4.92 Å². The Morgan fingerprint density at radius 2 is 2.18 bits per heavy atom. The first kappa shape index (κ1) is 11.8. The van der Waals surface area contributed by atoms with Gasteiger partial charge in [0.2, 0.25) is 0 Å². The van der Waals surface area contributed by atoms with Crippen molar-refractivity contribution in [3.8, 4) is 0 Å². The van der Waals surface area contributed by atoms with Crippen LogP contribution in [-0.2, 0) is 0 Å². The molecule has 2 rings (SSSR count). The Morgan fingerprint density at radius 3 is 2.94 bits per heavy atom. The van der Waals surface area contributed by atoms with Gasteiger partial charge < -0.3 is 10.2 Å². The summed E-state index contributed by atoms with van der Waals surface area (Å²) in [5, 5.41) is 14.1. The molecular formula is C11H14FN3O2. The van der Waals surface area contributed by atoms with E-state index in [1.807, 2.05) is 4.90 Å². The normalized spacial score (nSPS) is 16.6. The number of hydrogen-bond acceptors (Lipinski definition) is 4. The quantitative estimate of drug-likeness (QED) is 0.628. The second kappa shape index (κ2) is 5.09. The predicted octanol–water partition coefficient (Wildman–Crippen LogP) is 1.53. The molecule has 0 aliphatic carbocycles. The molecule has 0 amide bonds. The van der Waals surface area contributed by atoms with Crippen molar-refractivity contribution in [2.24, 2.45) is 0 Å². The molecule has 0 saturated carbocycles. The largest absolute Gasteiger partial charge is 0.365 e. The molecule has 1 aliphatic heterocycles. The van der Waals surface area contributed by atoms with Crippen LogP contribution < -0.4 is 10.2 Å². The minimum absolute atomic E-state index is 0.0340. The van der Waals surface area contributed by atoms with E-state index >= 15 is 0 Å². The number of hydrogen-bond donors (Lipinski definition) is 1. The Kier molecular flexibility index (Phi) is 3.53. The zero-order valence-electron chi connectivity index (χ0n) is 9.36. The summed E-state index contributed by atoms with van der Waals surface area (Å²) in [6.45, 7) is 3.01. The molecule has 1 fully saturated rings. The minimum atomic E-state index is -0.465. The van der Waals surface area contributed by atoms with E-state index in [-0.39, 0.29) is 5.69 Å². The highest BCUT2D eigenvalue weighted by atomic mass is 19.1. The summed E-state index contributed by atoms with van der Waals surface area (Å²) in [4.78, 5) is 12.3. The Morgan fingerprint density at radius 1 is 1.35 bits per heavy atom. The second-order valence-corrected chi connectivity index (χ2v) is 3.98. The topological polar surface area (TPSA) is 58.4 Å². The van der Waals surface area contributed by atoms with Crippen LogP contribution in [0.4, 0.5) is 15.8 Å². The molecule has 1 aromatic carbocycles. The van der Waals surface area contributed by atoms with Gasteiger partial charge >= 0.3 is 0 Å². The molecule has 1 heterocycles. The van der Waals surface area contributed by atoms with Gasteiger partial charge in [-0.2, -0.15) is 0 Å². The number of nitrogens with zero attached hydrogens (tertiary/aromatic N) is 2. The van der Waals surface area contributed by atoms with Crippen LogP contribution in [0.1, 0.15) is 6.42 Å². The molecule has 0 bridgehead atoms. The summed E-state index contributed by atoms with van der Waals surface area (Å²) >= 11 is 0. The van der Waals surface area contributed by atoms with E-state index in [1.165, 1.54) is 12.1 Å². The van der Waals surface area contributed by atoms with E-state index in [2.05, 4.69) is 5.32 Å². The van der Waals surface area contributed by atoms with E-state index in [4.69, 9.17) is 0 Å². The summed E-state index contributed by atoms with van der Waals surface area (Å²) in [5.41, 5.74) is 0.340. The van der Waals surface area contributed by atoms with Gasteiger partial charge in [-0.15, -0.1) is 0 Å². The van der Waals surface area contributed by atoms with E-state index < -0.39 is 10.7 Å². The number of anilines is 1. The maximum atomic E-state index is 13.2. The van der Waals surface area contributed by atoms with Crippen molar-refractivity contribution in [2.45, 2.75) is 6.42 Å². The first-order chi connectivity index (χ1) is 8.18. The van der Waals surface area contributed by atoms with Crippen molar-refractivity contribution in [1.82, 2.24) is 5.32 Å². The standard InChI is InChI=1S/C11H14FN3O2/c12-9-2-3-10(15(16)17)11(8-9)14-6-1-4-13-5-7-14/h2-3,8,13H,1,4-7H2. The van der Waals surface area contributed by atoms with Crippen molar-refractivity contribution in [2.75, 3.05) is 31.1 Å². The number of rotatable bonds is 2. The molecule has 0 unspecified atom stereocenters. The number of nitrogens with one attached hydrogen (secondary N) is 1. The first-order valence-corrected chi connectivity index (χ1v) is 5.58. The monoisotopic (exact) mass is 239 g/mol. The van der Waals surface area contributed by atoms with Gasteiger partial charge in [-0.3, -0.25) is 10.1 Å². The summed E-state index contributed by atoms with van der Waals surface area (Å²) in [6, 6.07) is 3.59. The molecule has 6 heteroatoms. The van der Waals surface area contributed by atoms with E-state index in [0.717, 1.165) is 25.6 Å². The minimum Gasteiger partial charge on any atom is -0.365 e. The first-order valence-electron chi connectivity index (χ1n) is 5.58. The molecule has 5 nitrogen and oxygen atoms in total. The molecule has 1 aromatic rings. The number of halogens is 1. The molecular weight excluding hydrogens is 225 g/mol. The zero-order valence-corrected chi connectivity index (χ0v) is 9.36. The highest BCUT2D eigenvalue weighted by molar-refractivity contribution is 5.63. The van der Waals surface area contributed by atoms with Gasteiger partial charge in [0.15, 0.2) is 0 Å². The summed E-state index contributed by atoms with van der Waals surface area (Å²) < 4.78 is 13.2. The maximum Gasteiger partial charge on any atom is 0.292 e. The molecule has 0 aromatic heterocycles. The van der Waals surface area contributed by atoms with Crippen LogP contribution in [-0.4, -0.2) is 31.1 Å². The molecule has 92 valence electrons. The Balaban J connectivity index is 2.34. The lowest BCUT2D eigenvalue weighted by atomic mass is 10.2. The Bertz CT molecular complexity index is 417. The van der Waals surface area contributed by atoms with Crippen LogP contribution in [0, 0.1) is 15.9 Å². The third-order valence-electron chi connectivity index (χ3n) is 2.81. The van der Waals surface area contributed by atoms with Crippen LogP contribution >= 0.6 is 0 Å². The zero-order chi connectivity index (χ0) is 12.3. The molecule has 17 heavy (non-hydrogen) atoms. The fraction of sp³-hybridized carbons (Fsp3) is 0.455. The third kappa shape index (κ3) is 2.71. The average Bonchev–Trinajstić information content (AvgIpc) is 2.56. The summed E-state index contributed by atoms with van der Waals surface area (Å²) in [5.74, 6) is -0.442. The molecule has 0 spiro atoms. The van der Waals surface area contributed by atoms with Crippen molar-refractivity contribution in [3.63, 3.8) is 0 Å². The molecule has 0 radical (unpaired) electrons. The molecule has 0 atom stereocenters. The SMILES string of the molecule is O=[N+]([O-])c1ccc(F)cc1N1CCCNCC1. The summed E-state index contributed by atoms with van der Waals surface area (Å²) in [7, 11) is 0. The van der Waals surface area contributed by atoms with Gasteiger partial charge in [-0.1, -0.05) is 0 Å². The maximum absolute atomic E-state index is 13.2. The average molecular weight is 239 g/mol. The summed E-state index contributed by atoms with van der Waals surface area (Å²) in [6.07, 6.45) is 0.896. The van der Waals surface area contributed by atoms with E-state index in [1.54, 1.807) is 0 Å².